The van der Waals surface area contributed by atoms with Gasteiger partial charge in [-0.1, -0.05) is 61.6 Å². The molecule has 0 aromatic heterocycles. The van der Waals surface area contributed by atoms with Gasteiger partial charge < -0.3 is 0 Å². The van der Waals surface area contributed by atoms with Gasteiger partial charge in [-0.25, -0.2) is 0 Å². The summed E-state index contributed by atoms with van der Waals surface area (Å²) in [4.78, 5) is 0. The van der Waals surface area contributed by atoms with Gasteiger partial charge in [0, 0.05) is 0 Å². The van der Waals surface area contributed by atoms with Crippen LogP contribution in [0.1, 0.15) is 50.7 Å². The summed E-state index contributed by atoms with van der Waals surface area (Å²) in [5, 5.41) is 8.84. The molecule has 0 unspecified atom stereocenters. The first-order valence-corrected chi connectivity index (χ1v) is 9.03. The molecule has 1 aliphatic rings. The minimum atomic E-state index is 0.168. The van der Waals surface area contributed by atoms with Crippen LogP contribution in [0.25, 0.3) is 6.08 Å². The smallest absolute Gasteiger partial charge is 0.0991 e. The fourth-order valence-corrected chi connectivity index (χ4v) is 3.89. The Balaban J connectivity index is 1.96. The molecule has 1 nitrogen and oxygen atoms in total. The quantitative estimate of drug-likeness (QED) is 0.532. The lowest BCUT2D eigenvalue weighted by molar-refractivity contribution is 0.169. The second kappa shape index (κ2) is 8.17. The van der Waals surface area contributed by atoms with Gasteiger partial charge in [0.15, 0.2) is 0 Å². The molecule has 1 fully saturated rings. The number of rotatable bonds is 6. The van der Waals surface area contributed by atoms with E-state index in [0.29, 0.717) is 17.4 Å². The predicted octanol–water partition coefficient (Wildman–Crippen LogP) is 6.70. The van der Waals surface area contributed by atoms with Gasteiger partial charge in [-0.05, 0) is 67.6 Å². The second-order valence-electron chi connectivity index (χ2n) is 7.58. The highest BCUT2D eigenvalue weighted by Gasteiger charge is 2.38. The third-order valence-electron chi connectivity index (χ3n) is 5.72. The van der Waals surface area contributed by atoms with Gasteiger partial charge in [0.2, 0.25) is 0 Å². The van der Waals surface area contributed by atoms with Gasteiger partial charge in [-0.15, -0.1) is 6.58 Å². The molecular formula is C24H29N. The van der Waals surface area contributed by atoms with Crippen molar-refractivity contribution < 1.29 is 0 Å². The highest BCUT2D eigenvalue weighted by Crippen LogP contribution is 2.49. The highest BCUT2D eigenvalue weighted by atomic mass is 14.4. The largest absolute Gasteiger partial charge is 0.192 e. The average molecular weight is 332 g/mol. The van der Waals surface area contributed by atoms with Gasteiger partial charge in [0.25, 0.3) is 0 Å². The molecule has 1 aromatic rings. The van der Waals surface area contributed by atoms with E-state index in [1.165, 1.54) is 17.6 Å². The van der Waals surface area contributed by atoms with E-state index < -0.39 is 0 Å². The van der Waals surface area contributed by atoms with Gasteiger partial charge in [0.1, 0.15) is 0 Å². The maximum Gasteiger partial charge on any atom is 0.0991 e. The van der Waals surface area contributed by atoms with Crippen LogP contribution in [0.3, 0.4) is 0 Å². The standard InChI is InChI=1S/C24H29N/c1-6-24(5)15-14-22(16-23(24)18(2)3)19(4)8-7-9-20-10-12-21(17-25)13-11-20/h6-7,9-13,22-23H,1-2,4,8,14-16H2,3,5H3/b9-7+/t22-,23+,24-/m1/s1. The van der Waals surface area contributed by atoms with Crippen LogP contribution in [-0.2, 0) is 0 Å². The zero-order chi connectivity index (χ0) is 18.4. The molecule has 25 heavy (non-hydrogen) atoms. The zero-order valence-corrected chi connectivity index (χ0v) is 15.6. The van der Waals surface area contributed by atoms with Crippen molar-refractivity contribution in [2.45, 2.75) is 39.5 Å². The Morgan fingerprint density at radius 3 is 2.56 bits per heavy atom. The van der Waals surface area contributed by atoms with Crippen molar-refractivity contribution in [1.29, 1.82) is 5.26 Å². The van der Waals surface area contributed by atoms with Crippen LogP contribution in [0.5, 0.6) is 0 Å². The Morgan fingerprint density at radius 2 is 2.00 bits per heavy atom. The van der Waals surface area contributed by atoms with Crippen molar-refractivity contribution >= 4 is 6.08 Å². The Labute approximate surface area is 153 Å². The van der Waals surface area contributed by atoms with Crippen LogP contribution in [0.15, 0.2) is 67.3 Å². The van der Waals surface area contributed by atoms with Crippen molar-refractivity contribution in [3.05, 3.63) is 78.4 Å². The monoisotopic (exact) mass is 331 g/mol. The summed E-state index contributed by atoms with van der Waals surface area (Å²) in [5.74, 6) is 1.04. The lowest BCUT2D eigenvalue weighted by Gasteiger charge is -2.43. The minimum Gasteiger partial charge on any atom is -0.192 e. The Hall–Kier alpha value is -2.33. The molecule has 0 bridgehead atoms. The topological polar surface area (TPSA) is 23.8 Å². The Kier molecular flexibility index (Phi) is 6.21. The molecule has 0 heterocycles. The summed E-state index contributed by atoms with van der Waals surface area (Å²) < 4.78 is 0. The molecular weight excluding hydrogens is 302 g/mol. The SMILES string of the molecule is C=C[C@]1(C)CC[C@@H](C(=C)C/C=C/c2ccc(C#N)cc2)C[C@H]1C(=C)C. The van der Waals surface area contributed by atoms with E-state index in [1.807, 2.05) is 24.3 Å². The first-order valence-electron chi connectivity index (χ1n) is 9.03. The third-order valence-corrected chi connectivity index (χ3v) is 5.72. The normalized spacial score (nSPS) is 26.1. The molecule has 130 valence electrons. The van der Waals surface area contributed by atoms with E-state index in [2.05, 4.69) is 57.9 Å². The highest BCUT2D eigenvalue weighted by molar-refractivity contribution is 5.51. The maximum atomic E-state index is 8.84. The summed E-state index contributed by atoms with van der Waals surface area (Å²) in [6, 6.07) is 9.80. The van der Waals surface area contributed by atoms with Crippen LogP contribution in [-0.4, -0.2) is 0 Å². The van der Waals surface area contributed by atoms with Gasteiger partial charge >= 0.3 is 0 Å². The molecule has 2 rings (SSSR count). The van der Waals surface area contributed by atoms with Crippen molar-refractivity contribution in [3.63, 3.8) is 0 Å². The molecule has 0 aliphatic heterocycles. The molecule has 1 aliphatic carbocycles. The van der Waals surface area contributed by atoms with Crippen LogP contribution >= 0.6 is 0 Å². The third kappa shape index (κ3) is 4.60. The fraction of sp³-hybridized carbons (Fsp3) is 0.375. The Bertz CT molecular complexity index is 713. The van der Waals surface area contributed by atoms with Gasteiger partial charge in [0.05, 0.1) is 11.6 Å². The minimum absolute atomic E-state index is 0.168. The first-order chi connectivity index (χ1) is 11.9. The van der Waals surface area contributed by atoms with Crippen LogP contribution in [0.2, 0.25) is 0 Å². The van der Waals surface area contributed by atoms with E-state index in [9.17, 15) is 0 Å². The van der Waals surface area contributed by atoms with Crippen molar-refractivity contribution in [1.82, 2.24) is 0 Å². The summed E-state index contributed by atoms with van der Waals surface area (Å²) in [5.41, 5.74) is 4.55. The molecule has 0 N–H and O–H groups in total. The summed E-state index contributed by atoms with van der Waals surface area (Å²) >= 11 is 0. The van der Waals surface area contributed by atoms with E-state index >= 15 is 0 Å². The number of allylic oxidation sites excluding steroid dienone is 4. The molecule has 0 saturated heterocycles. The summed E-state index contributed by atoms with van der Waals surface area (Å²) in [6.45, 7) is 17.1. The van der Waals surface area contributed by atoms with E-state index in [4.69, 9.17) is 5.26 Å². The van der Waals surface area contributed by atoms with Gasteiger partial charge in [-0.3, -0.25) is 0 Å². The molecule has 0 spiro atoms. The molecule has 3 atom stereocenters. The van der Waals surface area contributed by atoms with Crippen molar-refractivity contribution in [2.75, 3.05) is 0 Å². The van der Waals surface area contributed by atoms with Crippen LogP contribution in [0, 0.1) is 28.6 Å². The Morgan fingerprint density at radius 1 is 1.32 bits per heavy atom. The van der Waals surface area contributed by atoms with Crippen LogP contribution in [0.4, 0.5) is 0 Å². The van der Waals surface area contributed by atoms with Crippen molar-refractivity contribution in [2.24, 2.45) is 17.3 Å². The van der Waals surface area contributed by atoms with Crippen molar-refractivity contribution in [3.8, 4) is 6.07 Å². The predicted molar refractivity (Wildman–Crippen MR) is 108 cm³/mol. The molecule has 1 heteroatoms. The molecule has 0 radical (unpaired) electrons. The molecule has 1 aromatic carbocycles. The first kappa shape index (κ1) is 19.0. The average Bonchev–Trinajstić information content (AvgIpc) is 2.62. The summed E-state index contributed by atoms with van der Waals surface area (Å²) in [7, 11) is 0. The summed E-state index contributed by atoms with van der Waals surface area (Å²) in [6.07, 6.45) is 10.8. The molecule has 0 amide bonds. The number of nitrogens with zero attached hydrogens (tertiary/aromatic N) is 1. The van der Waals surface area contributed by atoms with Crippen LogP contribution < -0.4 is 0 Å². The van der Waals surface area contributed by atoms with E-state index in [-0.39, 0.29) is 5.41 Å². The number of nitriles is 1. The number of hydrogen-bond donors (Lipinski definition) is 0. The zero-order valence-electron chi connectivity index (χ0n) is 15.6. The maximum absolute atomic E-state index is 8.84. The fourth-order valence-electron chi connectivity index (χ4n) is 3.89. The van der Waals surface area contributed by atoms with Gasteiger partial charge in [-0.2, -0.15) is 5.26 Å². The number of benzene rings is 1. The van der Waals surface area contributed by atoms with E-state index in [1.54, 1.807) is 0 Å². The lowest BCUT2D eigenvalue weighted by atomic mass is 9.61. The molecule has 1 saturated carbocycles. The number of hydrogen-bond acceptors (Lipinski definition) is 1. The van der Waals surface area contributed by atoms with E-state index in [0.717, 1.165) is 24.8 Å². The second-order valence-corrected chi connectivity index (χ2v) is 7.58. The lowest BCUT2D eigenvalue weighted by Crippen LogP contribution is -2.33.